The van der Waals surface area contributed by atoms with Crippen molar-refractivity contribution in [1.82, 2.24) is 4.90 Å². The third-order valence-corrected chi connectivity index (χ3v) is 5.83. The van der Waals surface area contributed by atoms with Crippen LogP contribution >= 0.6 is 22.9 Å². The smallest absolute Gasteiger partial charge is 0.145 e. The van der Waals surface area contributed by atoms with Crippen molar-refractivity contribution in [2.45, 2.75) is 0 Å². The molecule has 1 fully saturated rings. The fourth-order valence-electron chi connectivity index (χ4n) is 3.08. The molecule has 0 spiro atoms. The monoisotopic (exact) mass is 346 g/mol. The second kappa shape index (κ2) is 6.15. The van der Waals surface area contributed by atoms with Crippen LogP contribution in [-0.2, 0) is 0 Å². The van der Waals surface area contributed by atoms with E-state index in [1.165, 1.54) is 5.69 Å². The molecule has 2 aromatic rings. The Morgan fingerprint density at radius 1 is 1.00 bits per heavy atom. The summed E-state index contributed by atoms with van der Waals surface area (Å²) in [4.78, 5) is 12.5. The van der Waals surface area contributed by atoms with Crippen LogP contribution in [0, 0.1) is 0 Å². The number of rotatable bonds is 2. The quantitative estimate of drug-likeness (QED) is 0.829. The zero-order valence-electron chi connectivity index (χ0n) is 13.1. The number of fused-ring (bicyclic) bond motifs is 1. The Kier molecular flexibility index (Phi) is 4.01. The SMILES string of the molecule is CN1CCN(c2ccc(N3CN=C(Cl)c4sccc43)cc2)CC1. The van der Waals surface area contributed by atoms with Crippen molar-refractivity contribution >= 4 is 45.2 Å². The Labute approximate surface area is 145 Å². The third-order valence-electron chi connectivity index (χ3n) is 4.50. The summed E-state index contributed by atoms with van der Waals surface area (Å²) in [6.07, 6.45) is 0. The highest BCUT2D eigenvalue weighted by Crippen LogP contribution is 2.36. The first-order chi connectivity index (χ1) is 11.2. The summed E-state index contributed by atoms with van der Waals surface area (Å²) < 4.78 is 0. The largest absolute Gasteiger partial charge is 0.369 e. The Morgan fingerprint density at radius 3 is 2.43 bits per heavy atom. The van der Waals surface area contributed by atoms with E-state index in [1.54, 1.807) is 11.3 Å². The summed E-state index contributed by atoms with van der Waals surface area (Å²) in [5.74, 6) is 0. The van der Waals surface area contributed by atoms with E-state index in [1.807, 2.05) is 0 Å². The van der Waals surface area contributed by atoms with Crippen LogP contribution in [-0.4, -0.2) is 50.0 Å². The number of thiophene rings is 1. The number of hydrogen-bond donors (Lipinski definition) is 0. The Morgan fingerprint density at radius 2 is 1.70 bits per heavy atom. The predicted octanol–water partition coefficient (Wildman–Crippen LogP) is 3.59. The van der Waals surface area contributed by atoms with E-state index in [4.69, 9.17) is 11.6 Å². The lowest BCUT2D eigenvalue weighted by atomic mass is 10.2. The van der Waals surface area contributed by atoms with Crippen molar-refractivity contribution in [3.63, 3.8) is 0 Å². The zero-order chi connectivity index (χ0) is 15.8. The first kappa shape index (κ1) is 15.0. The van der Waals surface area contributed by atoms with Gasteiger partial charge in [-0.1, -0.05) is 11.6 Å². The highest BCUT2D eigenvalue weighted by atomic mass is 35.5. The summed E-state index contributed by atoms with van der Waals surface area (Å²) in [6, 6.07) is 10.9. The number of hydrogen-bond acceptors (Lipinski definition) is 5. The van der Waals surface area contributed by atoms with Crippen LogP contribution in [0.4, 0.5) is 17.1 Å². The number of likely N-dealkylation sites (N-methyl/N-ethyl adjacent to an activating group) is 1. The number of nitrogens with zero attached hydrogens (tertiary/aromatic N) is 4. The normalized spacial score (nSPS) is 18.8. The lowest BCUT2D eigenvalue weighted by molar-refractivity contribution is 0.313. The van der Waals surface area contributed by atoms with E-state index in [9.17, 15) is 0 Å². The van der Waals surface area contributed by atoms with E-state index in [2.05, 4.69) is 62.5 Å². The van der Waals surface area contributed by atoms with Gasteiger partial charge in [0.2, 0.25) is 0 Å². The fraction of sp³-hybridized carbons (Fsp3) is 0.353. The topological polar surface area (TPSA) is 22.1 Å². The van der Waals surface area contributed by atoms with Gasteiger partial charge in [-0.2, -0.15) is 0 Å². The molecule has 0 amide bonds. The lowest BCUT2D eigenvalue weighted by Gasteiger charge is -2.34. The minimum absolute atomic E-state index is 0.580. The molecule has 0 N–H and O–H groups in total. The third kappa shape index (κ3) is 2.84. The first-order valence-electron chi connectivity index (χ1n) is 7.81. The van der Waals surface area contributed by atoms with E-state index in [-0.39, 0.29) is 0 Å². The van der Waals surface area contributed by atoms with E-state index < -0.39 is 0 Å². The maximum absolute atomic E-state index is 6.20. The van der Waals surface area contributed by atoms with Gasteiger partial charge in [-0.05, 0) is 42.8 Å². The fourth-order valence-corrected chi connectivity index (χ4v) is 4.16. The molecule has 0 bridgehead atoms. The van der Waals surface area contributed by atoms with Crippen LogP contribution < -0.4 is 9.80 Å². The van der Waals surface area contributed by atoms with Crippen molar-refractivity contribution in [2.75, 3.05) is 49.7 Å². The number of halogens is 1. The molecule has 1 saturated heterocycles. The van der Waals surface area contributed by atoms with Gasteiger partial charge in [-0.3, -0.25) is 0 Å². The Balaban J connectivity index is 1.55. The predicted molar refractivity (Wildman–Crippen MR) is 99.9 cm³/mol. The van der Waals surface area contributed by atoms with Crippen molar-refractivity contribution in [1.29, 1.82) is 0 Å². The van der Waals surface area contributed by atoms with Gasteiger partial charge in [0.1, 0.15) is 11.8 Å². The van der Waals surface area contributed by atoms with E-state index in [0.717, 1.165) is 42.4 Å². The van der Waals surface area contributed by atoms with E-state index in [0.29, 0.717) is 11.8 Å². The molecule has 6 heteroatoms. The summed E-state index contributed by atoms with van der Waals surface area (Å²) in [6.45, 7) is 5.01. The molecular weight excluding hydrogens is 328 g/mol. The van der Waals surface area contributed by atoms with Crippen LogP contribution in [0.3, 0.4) is 0 Å². The van der Waals surface area contributed by atoms with Crippen LogP contribution in [0.5, 0.6) is 0 Å². The molecule has 0 unspecified atom stereocenters. The van der Waals surface area contributed by atoms with Crippen molar-refractivity contribution in [3.05, 3.63) is 40.6 Å². The summed E-state index contributed by atoms with van der Waals surface area (Å²) >= 11 is 7.84. The highest BCUT2D eigenvalue weighted by Gasteiger charge is 2.22. The van der Waals surface area contributed by atoms with E-state index >= 15 is 0 Å². The van der Waals surface area contributed by atoms with Crippen LogP contribution in [0.15, 0.2) is 40.7 Å². The minimum Gasteiger partial charge on any atom is -0.369 e. The molecule has 1 aromatic carbocycles. The summed E-state index contributed by atoms with van der Waals surface area (Å²) in [7, 11) is 2.18. The summed E-state index contributed by atoms with van der Waals surface area (Å²) in [5.41, 5.74) is 3.61. The van der Waals surface area contributed by atoms with Crippen molar-refractivity contribution in [3.8, 4) is 0 Å². The molecule has 3 heterocycles. The maximum atomic E-state index is 6.20. The molecular formula is C17H19ClN4S. The molecule has 23 heavy (non-hydrogen) atoms. The molecule has 120 valence electrons. The Hall–Kier alpha value is -1.56. The molecule has 4 nitrogen and oxygen atoms in total. The van der Waals surface area contributed by atoms with Crippen molar-refractivity contribution in [2.24, 2.45) is 4.99 Å². The highest BCUT2D eigenvalue weighted by molar-refractivity contribution is 7.14. The average Bonchev–Trinajstić information content (AvgIpc) is 3.07. The molecule has 0 aliphatic carbocycles. The number of benzene rings is 1. The van der Waals surface area contributed by atoms with Gasteiger partial charge in [0.05, 0.1) is 10.6 Å². The molecule has 4 rings (SSSR count). The molecule has 1 aromatic heterocycles. The average molecular weight is 347 g/mol. The molecule has 0 saturated carbocycles. The second-order valence-electron chi connectivity index (χ2n) is 5.96. The molecule has 0 radical (unpaired) electrons. The van der Waals surface area contributed by atoms with Gasteiger partial charge < -0.3 is 14.7 Å². The second-order valence-corrected chi connectivity index (χ2v) is 7.23. The van der Waals surface area contributed by atoms with Gasteiger partial charge in [0.25, 0.3) is 0 Å². The number of anilines is 3. The summed E-state index contributed by atoms with van der Waals surface area (Å²) in [5, 5.41) is 2.69. The first-order valence-corrected chi connectivity index (χ1v) is 9.07. The van der Waals surface area contributed by atoms with Crippen LogP contribution in [0.2, 0.25) is 0 Å². The van der Waals surface area contributed by atoms with Crippen molar-refractivity contribution < 1.29 is 0 Å². The minimum atomic E-state index is 0.580. The maximum Gasteiger partial charge on any atom is 0.145 e. The van der Waals surface area contributed by atoms with Crippen LogP contribution in [0.1, 0.15) is 4.88 Å². The number of aliphatic imine (C=N–C) groups is 1. The molecule has 2 aliphatic heterocycles. The zero-order valence-corrected chi connectivity index (χ0v) is 14.6. The van der Waals surface area contributed by atoms with Gasteiger partial charge in [-0.15, -0.1) is 11.3 Å². The molecule has 0 atom stereocenters. The van der Waals surface area contributed by atoms with Gasteiger partial charge in [0.15, 0.2) is 0 Å². The molecule has 2 aliphatic rings. The van der Waals surface area contributed by atoms with Gasteiger partial charge >= 0.3 is 0 Å². The van der Waals surface area contributed by atoms with Crippen LogP contribution in [0.25, 0.3) is 0 Å². The lowest BCUT2D eigenvalue weighted by Crippen LogP contribution is -2.44. The Bertz CT molecular complexity index is 716. The van der Waals surface area contributed by atoms with Gasteiger partial charge in [0, 0.05) is 37.6 Å². The van der Waals surface area contributed by atoms with Gasteiger partial charge in [-0.25, -0.2) is 4.99 Å². The number of piperazine rings is 1. The standard InChI is InChI=1S/C17H19ClN4S/c1-20-7-9-21(10-8-20)13-2-4-14(5-3-13)22-12-19-17(18)16-15(22)6-11-23-16/h2-6,11H,7-10,12H2,1H3.